The number of hydrogen-bond donors (Lipinski definition) is 0. The maximum absolute atomic E-state index is 5.33. The Labute approximate surface area is 133 Å². The molecule has 1 fully saturated rings. The minimum Gasteiger partial charge on any atom is -0.339 e. The van der Waals surface area contributed by atoms with Gasteiger partial charge in [-0.25, -0.2) is 0 Å². The first-order valence-electron chi connectivity index (χ1n) is 7.72. The van der Waals surface area contributed by atoms with Crippen LogP contribution >= 0.6 is 0 Å². The smallest absolute Gasteiger partial charge is 0.324 e. The Balaban J connectivity index is 1.45. The lowest BCUT2D eigenvalue weighted by atomic mass is 9.85. The van der Waals surface area contributed by atoms with Crippen LogP contribution in [0.15, 0.2) is 39.4 Å². The molecule has 0 saturated heterocycles. The first-order valence-corrected chi connectivity index (χ1v) is 7.72. The third-order valence-electron chi connectivity index (χ3n) is 4.09. The molecule has 23 heavy (non-hydrogen) atoms. The number of nitrogens with zero attached hydrogens (tertiary/aromatic N) is 5. The summed E-state index contributed by atoms with van der Waals surface area (Å²) < 4.78 is 10.6. The summed E-state index contributed by atoms with van der Waals surface area (Å²) in [4.78, 5) is 10.7. The molecule has 1 aromatic carbocycles. The van der Waals surface area contributed by atoms with Crippen LogP contribution in [0.2, 0.25) is 0 Å². The molecule has 0 unspecified atom stereocenters. The van der Waals surface area contributed by atoms with Crippen LogP contribution in [-0.4, -0.2) is 27.3 Å². The molecule has 0 atom stereocenters. The van der Waals surface area contributed by atoms with Gasteiger partial charge in [-0.3, -0.25) is 0 Å². The number of benzene rings is 1. The summed E-state index contributed by atoms with van der Waals surface area (Å²) in [6, 6.07) is 10.1. The van der Waals surface area contributed by atoms with Crippen LogP contribution < -0.4 is 4.90 Å². The van der Waals surface area contributed by atoms with E-state index < -0.39 is 0 Å². The highest BCUT2D eigenvalue weighted by atomic mass is 16.5. The topological polar surface area (TPSA) is 81.1 Å². The van der Waals surface area contributed by atoms with Crippen LogP contribution in [0.3, 0.4) is 0 Å². The zero-order valence-electron chi connectivity index (χ0n) is 12.8. The summed E-state index contributed by atoms with van der Waals surface area (Å²) >= 11 is 0. The van der Waals surface area contributed by atoms with E-state index in [1.54, 1.807) is 0 Å². The predicted molar refractivity (Wildman–Crippen MR) is 82.7 cm³/mol. The maximum atomic E-state index is 5.33. The van der Waals surface area contributed by atoms with E-state index >= 15 is 0 Å². The molecule has 0 radical (unpaired) electrons. The fraction of sp³-hybridized carbons (Fsp3) is 0.375. The highest BCUT2D eigenvalue weighted by molar-refractivity contribution is 5.55. The van der Waals surface area contributed by atoms with E-state index in [1.807, 2.05) is 42.3 Å². The molecule has 3 aromatic rings. The molecule has 4 rings (SSSR count). The van der Waals surface area contributed by atoms with Gasteiger partial charge in [0.25, 0.3) is 0 Å². The van der Waals surface area contributed by atoms with E-state index in [4.69, 9.17) is 9.05 Å². The minimum absolute atomic E-state index is 0.429. The van der Waals surface area contributed by atoms with Crippen molar-refractivity contribution in [3.63, 3.8) is 0 Å². The van der Waals surface area contributed by atoms with E-state index in [1.165, 1.54) is 6.42 Å². The van der Waals surface area contributed by atoms with Crippen LogP contribution in [-0.2, 0) is 6.54 Å². The molecule has 0 N–H and O–H groups in total. The summed E-state index contributed by atoms with van der Waals surface area (Å²) in [7, 11) is 1.86. The molecular weight excluding hydrogens is 294 g/mol. The zero-order chi connectivity index (χ0) is 15.6. The van der Waals surface area contributed by atoms with Crippen molar-refractivity contribution in [2.75, 3.05) is 11.9 Å². The van der Waals surface area contributed by atoms with Crippen LogP contribution in [0.4, 0.5) is 6.01 Å². The van der Waals surface area contributed by atoms with Crippen LogP contribution in [0.5, 0.6) is 0 Å². The molecule has 7 heteroatoms. The second-order valence-electron chi connectivity index (χ2n) is 5.80. The van der Waals surface area contributed by atoms with Crippen molar-refractivity contribution in [3.05, 3.63) is 42.0 Å². The molecule has 0 bridgehead atoms. The van der Waals surface area contributed by atoms with Crippen molar-refractivity contribution in [2.24, 2.45) is 0 Å². The summed E-state index contributed by atoms with van der Waals surface area (Å²) in [6.07, 6.45) is 3.52. The Morgan fingerprint density at radius 3 is 2.65 bits per heavy atom. The van der Waals surface area contributed by atoms with Crippen molar-refractivity contribution in [1.82, 2.24) is 20.3 Å². The van der Waals surface area contributed by atoms with Gasteiger partial charge in [0.2, 0.25) is 11.7 Å². The van der Waals surface area contributed by atoms with Gasteiger partial charge in [-0.1, -0.05) is 47.1 Å². The van der Waals surface area contributed by atoms with Gasteiger partial charge in [0.15, 0.2) is 5.82 Å². The first kappa shape index (κ1) is 13.9. The third kappa shape index (κ3) is 2.81. The SMILES string of the molecule is CN(Cc1noc(C2CCC2)n1)c1nc(-c2ccccc2)no1. The molecule has 7 nitrogen and oxygen atoms in total. The van der Waals surface area contributed by atoms with Gasteiger partial charge in [0, 0.05) is 18.5 Å². The average molecular weight is 311 g/mol. The molecule has 0 aliphatic heterocycles. The fourth-order valence-corrected chi connectivity index (χ4v) is 2.51. The van der Waals surface area contributed by atoms with E-state index in [0.717, 1.165) is 24.3 Å². The van der Waals surface area contributed by atoms with Gasteiger partial charge in [0.05, 0.1) is 6.54 Å². The summed E-state index contributed by atoms with van der Waals surface area (Å²) in [5, 5.41) is 8.04. The average Bonchev–Trinajstić information content (AvgIpc) is 3.16. The van der Waals surface area contributed by atoms with Gasteiger partial charge in [-0.2, -0.15) is 9.97 Å². The van der Waals surface area contributed by atoms with E-state index in [9.17, 15) is 0 Å². The largest absolute Gasteiger partial charge is 0.339 e. The van der Waals surface area contributed by atoms with Gasteiger partial charge in [-0.15, -0.1) is 0 Å². The molecule has 2 aromatic heterocycles. The molecule has 1 saturated carbocycles. The lowest BCUT2D eigenvalue weighted by molar-refractivity contribution is 0.291. The van der Waals surface area contributed by atoms with Gasteiger partial charge >= 0.3 is 6.01 Å². The molecule has 1 aliphatic rings. The van der Waals surface area contributed by atoms with Crippen molar-refractivity contribution in [2.45, 2.75) is 31.7 Å². The minimum atomic E-state index is 0.429. The molecule has 2 heterocycles. The third-order valence-corrected chi connectivity index (χ3v) is 4.09. The van der Waals surface area contributed by atoms with Crippen molar-refractivity contribution in [3.8, 4) is 11.4 Å². The lowest BCUT2D eigenvalue weighted by Gasteiger charge is -2.20. The monoisotopic (exact) mass is 311 g/mol. The standard InChI is InChI=1S/C16H17N5O2/c1-21(10-13-17-15(22-19-13)12-8-5-9-12)16-18-14(20-23-16)11-6-3-2-4-7-11/h2-4,6-7,12H,5,8-10H2,1H3. The quantitative estimate of drug-likeness (QED) is 0.716. The molecule has 1 aliphatic carbocycles. The van der Waals surface area contributed by atoms with Gasteiger partial charge < -0.3 is 13.9 Å². The zero-order valence-corrected chi connectivity index (χ0v) is 12.8. The second-order valence-corrected chi connectivity index (χ2v) is 5.80. The normalized spacial score (nSPS) is 14.7. The second kappa shape index (κ2) is 5.83. The van der Waals surface area contributed by atoms with Crippen LogP contribution in [0.1, 0.15) is 36.9 Å². The molecule has 0 amide bonds. The Hall–Kier alpha value is -2.70. The Morgan fingerprint density at radius 2 is 1.91 bits per heavy atom. The van der Waals surface area contributed by atoms with E-state index in [-0.39, 0.29) is 0 Å². The molecule has 118 valence electrons. The van der Waals surface area contributed by atoms with E-state index in [2.05, 4.69) is 20.3 Å². The highest BCUT2D eigenvalue weighted by Gasteiger charge is 2.25. The van der Waals surface area contributed by atoms with Crippen molar-refractivity contribution in [1.29, 1.82) is 0 Å². The number of anilines is 1. The summed E-state index contributed by atoms with van der Waals surface area (Å²) in [5.41, 5.74) is 0.919. The summed E-state index contributed by atoms with van der Waals surface area (Å²) in [6.45, 7) is 0.465. The maximum Gasteiger partial charge on any atom is 0.324 e. The molecule has 0 spiro atoms. The van der Waals surface area contributed by atoms with Crippen molar-refractivity contribution >= 4 is 6.01 Å². The van der Waals surface area contributed by atoms with Gasteiger partial charge in [-0.05, 0) is 12.8 Å². The van der Waals surface area contributed by atoms with Gasteiger partial charge in [0.1, 0.15) is 0 Å². The summed E-state index contributed by atoms with van der Waals surface area (Å²) in [5.74, 6) is 2.38. The van der Waals surface area contributed by atoms with Crippen LogP contribution in [0.25, 0.3) is 11.4 Å². The number of rotatable bonds is 5. The number of hydrogen-bond acceptors (Lipinski definition) is 7. The first-order chi connectivity index (χ1) is 11.3. The Bertz CT molecular complexity index is 779. The Morgan fingerprint density at radius 1 is 1.09 bits per heavy atom. The fourth-order valence-electron chi connectivity index (χ4n) is 2.51. The Kier molecular flexibility index (Phi) is 3.53. The predicted octanol–water partition coefficient (Wildman–Crippen LogP) is 3.02. The van der Waals surface area contributed by atoms with Crippen LogP contribution in [0, 0.1) is 0 Å². The highest BCUT2D eigenvalue weighted by Crippen LogP contribution is 2.35. The van der Waals surface area contributed by atoms with Crippen molar-refractivity contribution < 1.29 is 9.05 Å². The molecular formula is C16H17N5O2. The van der Waals surface area contributed by atoms with E-state index in [0.29, 0.717) is 30.1 Å². The number of aromatic nitrogens is 4. The lowest BCUT2D eigenvalue weighted by Crippen LogP contribution is -2.18.